The van der Waals surface area contributed by atoms with Gasteiger partial charge in [-0.25, -0.2) is 17.2 Å². The van der Waals surface area contributed by atoms with E-state index in [0.29, 0.717) is 5.75 Å². The Balaban J connectivity index is 1.79. The van der Waals surface area contributed by atoms with Crippen LogP contribution in [0.2, 0.25) is 0 Å². The lowest BCUT2D eigenvalue weighted by Gasteiger charge is -2.24. The summed E-state index contributed by atoms with van der Waals surface area (Å²) in [7, 11) is -4.22. The summed E-state index contributed by atoms with van der Waals surface area (Å²) in [6, 6.07) is 10.4. The van der Waals surface area contributed by atoms with E-state index in [1.807, 2.05) is 16.9 Å². The van der Waals surface area contributed by atoms with E-state index in [1.165, 1.54) is 11.8 Å². The molecule has 0 fully saturated rings. The van der Waals surface area contributed by atoms with Crippen LogP contribution in [-0.4, -0.2) is 20.1 Å². The first-order valence-corrected chi connectivity index (χ1v) is 10.2. The molecule has 25 heavy (non-hydrogen) atoms. The van der Waals surface area contributed by atoms with Crippen molar-refractivity contribution in [2.24, 2.45) is 0 Å². The summed E-state index contributed by atoms with van der Waals surface area (Å²) in [6.45, 7) is 0. The number of halogens is 2. The van der Waals surface area contributed by atoms with Gasteiger partial charge in [0.1, 0.15) is 22.6 Å². The summed E-state index contributed by atoms with van der Waals surface area (Å²) < 4.78 is 53.6. The van der Waals surface area contributed by atoms with Gasteiger partial charge in [-0.2, -0.15) is 0 Å². The van der Waals surface area contributed by atoms with Gasteiger partial charge in [0, 0.05) is 5.56 Å². The van der Waals surface area contributed by atoms with Crippen molar-refractivity contribution < 1.29 is 22.0 Å². The van der Waals surface area contributed by atoms with E-state index in [0.717, 1.165) is 35.7 Å². The summed E-state index contributed by atoms with van der Waals surface area (Å²) >= 11 is 1.34. The van der Waals surface area contributed by atoms with E-state index in [9.17, 15) is 22.0 Å². The average molecular weight is 383 g/mol. The van der Waals surface area contributed by atoms with Crippen LogP contribution in [0.3, 0.4) is 0 Å². The van der Waals surface area contributed by atoms with E-state index < -0.39 is 44.1 Å². The minimum atomic E-state index is -4.22. The Kier molecular flexibility index (Phi) is 5.10. The second kappa shape index (κ2) is 7.13. The number of thioether (sulfide) groups is 1. The number of aryl methyl sites for hydroxylation is 1. The lowest BCUT2D eigenvalue weighted by atomic mass is 10.0. The Morgan fingerprint density at radius 1 is 1.12 bits per heavy atom. The van der Waals surface area contributed by atoms with Gasteiger partial charge < -0.3 is 0 Å². The number of fused-ring (bicyclic) bond motifs is 1. The molecule has 0 unspecified atom stereocenters. The van der Waals surface area contributed by atoms with E-state index in [2.05, 4.69) is 0 Å². The first-order chi connectivity index (χ1) is 11.9. The summed E-state index contributed by atoms with van der Waals surface area (Å²) in [5.74, 6) is -2.87. The standard InChI is InChI=1S/C17H15F2NO3S2/c18-14-6-3-7-15(19)13(14)10-25(22,23)20-17(21)16-12-5-2-1-4-11(12)8-9-24-16/h1-7,16H,8-10H2,(H,20,21)/t16-/m0/s1. The fourth-order valence-corrected chi connectivity index (χ4v) is 5.13. The third kappa shape index (κ3) is 4.01. The quantitative estimate of drug-likeness (QED) is 0.882. The van der Waals surface area contributed by atoms with Crippen LogP contribution in [0.4, 0.5) is 8.78 Å². The van der Waals surface area contributed by atoms with Gasteiger partial charge in [-0.05, 0) is 35.4 Å². The van der Waals surface area contributed by atoms with Crippen molar-refractivity contribution >= 4 is 27.7 Å². The Hall–Kier alpha value is -1.93. The van der Waals surface area contributed by atoms with Crippen molar-refractivity contribution in [1.82, 2.24) is 4.72 Å². The largest absolute Gasteiger partial charge is 0.272 e. The fraction of sp³-hybridized carbons (Fsp3) is 0.235. The van der Waals surface area contributed by atoms with Crippen LogP contribution < -0.4 is 4.72 Å². The van der Waals surface area contributed by atoms with Gasteiger partial charge >= 0.3 is 0 Å². The molecule has 0 radical (unpaired) electrons. The molecule has 1 N–H and O–H groups in total. The lowest BCUT2D eigenvalue weighted by Crippen LogP contribution is -2.36. The molecule has 0 aromatic heterocycles. The van der Waals surface area contributed by atoms with Gasteiger partial charge in [0.25, 0.3) is 5.91 Å². The zero-order chi connectivity index (χ0) is 18.0. The van der Waals surface area contributed by atoms with Crippen LogP contribution in [0.15, 0.2) is 42.5 Å². The Labute approximate surface area is 148 Å². The zero-order valence-corrected chi connectivity index (χ0v) is 14.7. The van der Waals surface area contributed by atoms with Crippen LogP contribution in [0.5, 0.6) is 0 Å². The molecule has 1 amide bonds. The maximum atomic E-state index is 13.6. The zero-order valence-electron chi connectivity index (χ0n) is 13.0. The smallest absolute Gasteiger partial charge is 0.251 e. The predicted molar refractivity (Wildman–Crippen MR) is 92.5 cm³/mol. The molecule has 132 valence electrons. The SMILES string of the molecule is O=C(NS(=O)(=O)Cc1c(F)cccc1F)[C@H]1SCCc2ccccc21. The highest BCUT2D eigenvalue weighted by molar-refractivity contribution is 8.00. The Bertz CT molecular complexity index is 896. The maximum absolute atomic E-state index is 13.6. The molecule has 0 saturated carbocycles. The topological polar surface area (TPSA) is 63.2 Å². The minimum Gasteiger partial charge on any atom is -0.272 e. The van der Waals surface area contributed by atoms with Crippen molar-refractivity contribution in [3.63, 3.8) is 0 Å². The van der Waals surface area contributed by atoms with Gasteiger partial charge in [0.15, 0.2) is 0 Å². The minimum absolute atomic E-state index is 0.584. The Morgan fingerprint density at radius 3 is 2.52 bits per heavy atom. The molecule has 3 rings (SSSR count). The molecule has 0 saturated heterocycles. The van der Waals surface area contributed by atoms with E-state index >= 15 is 0 Å². The molecular weight excluding hydrogens is 368 g/mol. The predicted octanol–water partition coefficient (Wildman–Crippen LogP) is 2.94. The van der Waals surface area contributed by atoms with E-state index in [4.69, 9.17) is 0 Å². The molecule has 0 spiro atoms. The number of carbonyl (C=O) groups is 1. The van der Waals surface area contributed by atoms with Crippen molar-refractivity contribution in [2.75, 3.05) is 5.75 Å². The Morgan fingerprint density at radius 2 is 1.80 bits per heavy atom. The number of nitrogens with one attached hydrogen (secondary N) is 1. The molecule has 2 aromatic carbocycles. The van der Waals surface area contributed by atoms with Gasteiger partial charge in [-0.1, -0.05) is 30.3 Å². The van der Waals surface area contributed by atoms with Crippen LogP contribution in [0.1, 0.15) is 21.9 Å². The highest BCUT2D eigenvalue weighted by Gasteiger charge is 2.30. The average Bonchev–Trinajstić information content (AvgIpc) is 2.57. The summed E-state index contributed by atoms with van der Waals surface area (Å²) in [4.78, 5) is 12.4. The van der Waals surface area contributed by atoms with Crippen LogP contribution >= 0.6 is 11.8 Å². The molecule has 8 heteroatoms. The molecular formula is C17H15F2NO3S2. The van der Waals surface area contributed by atoms with Crippen LogP contribution in [-0.2, 0) is 27.0 Å². The summed E-state index contributed by atoms with van der Waals surface area (Å²) in [5.41, 5.74) is 1.18. The molecule has 1 atom stereocenters. The van der Waals surface area contributed by atoms with Crippen molar-refractivity contribution in [2.45, 2.75) is 17.4 Å². The second-order valence-corrected chi connectivity index (χ2v) is 8.56. The first kappa shape index (κ1) is 17.9. The number of sulfonamides is 1. The fourth-order valence-electron chi connectivity index (χ4n) is 2.71. The first-order valence-electron chi connectivity index (χ1n) is 7.54. The van der Waals surface area contributed by atoms with Gasteiger partial charge in [-0.3, -0.25) is 9.52 Å². The van der Waals surface area contributed by atoms with Crippen molar-refractivity contribution in [1.29, 1.82) is 0 Å². The molecule has 0 aliphatic carbocycles. The lowest BCUT2D eigenvalue weighted by molar-refractivity contribution is -0.118. The highest BCUT2D eigenvalue weighted by Crippen LogP contribution is 2.36. The van der Waals surface area contributed by atoms with E-state index in [-0.39, 0.29) is 0 Å². The number of carbonyl (C=O) groups excluding carboxylic acids is 1. The normalized spacial score (nSPS) is 17.0. The molecule has 1 aliphatic heterocycles. The number of rotatable bonds is 4. The summed E-state index contributed by atoms with van der Waals surface area (Å²) in [6.07, 6.45) is 0.803. The number of hydrogen-bond acceptors (Lipinski definition) is 4. The molecule has 1 aliphatic rings. The molecule has 1 heterocycles. The number of amides is 1. The van der Waals surface area contributed by atoms with Crippen LogP contribution in [0, 0.1) is 11.6 Å². The monoisotopic (exact) mass is 383 g/mol. The van der Waals surface area contributed by atoms with Crippen LogP contribution in [0.25, 0.3) is 0 Å². The van der Waals surface area contributed by atoms with Gasteiger partial charge in [0.05, 0.1) is 0 Å². The third-order valence-corrected chi connectivity index (χ3v) is 6.31. The van der Waals surface area contributed by atoms with Crippen molar-refractivity contribution in [3.8, 4) is 0 Å². The maximum Gasteiger partial charge on any atom is 0.251 e. The van der Waals surface area contributed by atoms with Crippen molar-refractivity contribution in [3.05, 3.63) is 70.8 Å². The highest BCUT2D eigenvalue weighted by atomic mass is 32.2. The van der Waals surface area contributed by atoms with E-state index in [1.54, 1.807) is 12.1 Å². The van der Waals surface area contributed by atoms with Gasteiger partial charge in [0.2, 0.25) is 10.0 Å². The number of hydrogen-bond donors (Lipinski definition) is 1. The molecule has 2 aromatic rings. The van der Waals surface area contributed by atoms with Gasteiger partial charge in [-0.15, -0.1) is 11.8 Å². The second-order valence-electron chi connectivity index (χ2n) is 5.63. The third-order valence-electron chi connectivity index (χ3n) is 3.88. The molecule has 0 bridgehead atoms. The molecule has 4 nitrogen and oxygen atoms in total. The number of benzene rings is 2. The summed E-state index contributed by atoms with van der Waals surface area (Å²) in [5, 5.41) is -0.662.